The Hall–Kier alpha value is -7.16. The average Bonchev–Trinajstić information content (AvgIpc) is 3.51. The molecule has 10 aromatic rings. The zero-order chi connectivity index (χ0) is 38.1. The molecule has 0 atom stereocenters. The van der Waals surface area contributed by atoms with E-state index in [-0.39, 0.29) is 5.41 Å². The molecule has 1 aromatic heterocycles. The minimum atomic E-state index is -0.0216. The molecule has 9 aromatic carbocycles. The van der Waals surface area contributed by atoms with Crippen LogP contribution in [0.15, 0.2) is 194 Å². The third-order valence-corrected chi connectivity index (χ3v) is 12.1. The molecular formula is C55H38N2. The molecule has 0 saturated carbocycles. The van der Waals surface area contributed by atoms with Gasteiger partial charge in [0.2, 0.25) is 0 Å². The summed E-state index contributed by atoms with van der Waals surface area (Å²) in [5.41, 5.74) is 15.2. The molecule has 2 heteroatoms. The fourth-order valence-corrected chi connectivity index (χ4v) is 9.21. The van der Waals surface area contributed by atoms with Crippen LogP contribution >= 0.6 is 0 Å². The molecule has 1 aliphatic carbocycles. The van der Waals surface area contributed by atoms with Crippen LogP contribution in [0.25, 0.3) is 99.6 Å². The summed E-state index contributed by atoms with van der Waals surface area (Å²) in [5, 5.41) is 7.35. The van der Waals surface area contributed by atoms with Gasteiger partial charge in [-0.2, -0.15) is 0 Å². The molecule has 1 aliphatic rings. The highest BCUT2D eigenvalue weighted by atomic mass is 14.9. The monoisotopic (exact) mass is 726 g/mol. The SMILES string of the molecule is CC1(C)c2ccccc2-c2cc(-c3ccc4c(c3)c3ccccc3c3cccc(-c5cc(-c6ccc(-c7ccccc7)cc6)nc(-c6ccccc6)n5)c34)ccc21. The first-order chi connectivity index (χ1) is 28.0. The van der Waals surface area contributed by atoms with Crippen LogP contribution in [0.3, 0.4) is 0 Å². The van der Waals surface area contributed by atoms with E-state index in [0.717, 1.165) is 28.1 Å². The number of aromatic nitrogens is 2. The van der Waals surface area contributed by atoms with Crippen molar-refractivity contribution in [1.29, 1.82) is 0 Å². The van der Waals surface area contributed by atoms with Gasteiger partial charge < -0.3 is 0 Å². The van der Waals surface area contributed by atoms with Crippen LogP contribution < -0.4 is 0 Å². The van der Waals surface area contributed by atoms with Gasteiger partial charge in [0.25, 0.3) is 0 Å². The quantitative estimate of drug-likeness (QED) is 0.165. The fourth-order valence-electron chi connectivity index (χ4n) is 9.21. The highest BCUT2D eigenvalue weighted by Crippen LogP contribution is 2.50. The molecule has 0 bridgehead atoms. The van der Waals surface area contributed by atoms with E-state index >= 15 is 0 Å². The van der Waals surface area contributed by atoms with Crippen LogP contribution in [0.1, 0.15) is 25.0 Å². The van der Waals surface area contributed by atoms with E-state index in [4.69, 9.17) is 9.97 Å². The first kappa shape index (κ1) is 33.2. The van der Waals surface area contributed by atoms with Crippen molar-refractivity contribution >= 4 is 32.3 Å². The summed E-state index contributed by atoms with van der Waals surface area (Å²) in [6, 6.07) is 70.2. The molecule has 268 valence electrons. The Bertz CT molecular complexity index is 3180. The topological polar surface area (TPSA) is 25.8 Å². The van der Waals surface area contributed by atoms with Crippen molar-refractivity contribution in [2.45, 2.75) is 19.3 Å². The van der Waals surface area contributed by atoms with Crippen molar-refractivity contribution in [3.63, 3.8) is 0 Å². The normalized spacial score (nSPS) is 12.9. The lowest BCUT2D eigenvalue weighted by atomic mass is 9.82. The van der Waals surface area contributed by atoms with E-state index in [1.54, 1.807) is 0 Å². The molecule has 57 heavy (non-hydrogen) atoms. The molecule has 0 fully saturated rings. The number of nitrogens with zero attached hydrogens (tertiary/aromatic N) is 2. The Morgan fingerprint density at radius 2 is 0.842 bits per heavy atom. The minimum Gasteiger partial charge on any atom is -0.228 e. The van der Waals surface area contributed by atoms with Crippen molar-refractivity contribution in [1.82, 2.24) is 9.97 Å². The molecule has 0 spiro atoms. The number of rotatable bonds is 5. The van der Waals surface area contributed by atoms with Gasteiger partial charge >= 0.3 is 0 Å². The first-order valence-electron chi connectivity index (χ1n) is 19.7. The maximum Gasteiger partial charge on any atom is 0.160 e. The summed E-state index contributed by atoms with van der Waals surface area (Å²) >= 11 is 0. The summed E-state index contributed by atoms with van der Waals surface area (Å²) in [6.45, 7) is 4.68. The van der Waals surface area contributed by atoms with Crippen LogP contribution in [-0.2, 0) is 5.41 Å². The molecule has 0 unspecified atom stereocenters. The van der Waals surface area contributed by atoms with Crippen molar-refractivity contribution in [2.75, 3.05) is 0 Å². The maximum atomic E-state index is 5.32. The largest absolute Gasteiger partial charge is 0.228 e. The van der Waals surface area contributed by atoms with Gasteiger partial charge in [-0.25, -0.2) is 9.97 Å². The molecule has 11 rings (SSSR count). The molecule has 0 saturated heterocycles. The predicted octanol–water partition coefficient (Wildman–Crippen LogP) is 14.6. The lowest BCUT2D eigenvalue weighted by Gasteiger charge is -2.21. The first-order valence-corrected chi connectivity index (χ1v) is 19.7. The highest BCUT2D eigenvalue weighted by Gasteiger charge is 2.35. The molecule has 2 nitrogen and oxygen atoms in total. The third kappa shape index (κ3) is 5.40. The summed E-state index contributed by atoms with van der Waals surface area (Å²) in [4.78, 5) is 10.5. The van der Waals surface area contributed by atoms with Gasteiger partial charge in [0.15, 0.2) is 5.82 Å². The van der Waals surface area contributed by atoms with E-state index in [9.17, 15) is 0 Å². The second-order valence-electron chi connectivity index (χ2n) is 15.7. The van der Waals surface area contributed by atoms with Crippen molar-refractivity contribution in [3.8, 4) is 67.3 Å². The summed E-state index contributed by atoms with van der Waals surface area (Å²) in [7, 11) is 0. The summed E-state index contributed by atoms with van der Waals surface area (Å²) in [5.74, 6) is 0.709. The lowest BCUT2D eigenvalue weighted by Crippen LogP contribution is -2.14. The fraction of sp³-hybridized carbons (Fsp3) is 0.0545. The number of hydrogen-bond donors (Lipinski definition) is 0. The summed E-state index contributed by atoms with van der Waals surface area (Å²) < 4.78 is 0. The van der Waals surface area contributed by atoms with E-state index in [0.29, 0.717) is 5.82 Å². The summed E-state index contributed by atoms with van der Waals surface area (Å²) in [6.07, 6.45) is 0. The van der Waals surface area contributed by atoms with E-state index in [1.165, 1.54) is 76.8 Å². The second kappa shape index (κ2) is 13.0. The smallest absolute Gasteiger partial charge is 0.160 e. The van der Waals surface area contributed by atoms with Gasteiger partial charge in [0, 0.05) is 22.1 Å². The van der Waals surface area contributed by atoms with Gasteiger partial charge in [-0.3, -0.25) is 0 Å². The number of fused-ring (bicyclic) bond motifs is 9. The third-order valence-electron chi connectivity index (χ3n) is 12.1. The molecule has 1 heterocycles. The van der Waals surface area contributed by atoms with Crippen LogP contribution in [0, 0.1) is 0 Å². The zero-order valence-corrected chi connectivity index (χ0v) is 31.9. The van der Waals surface area contributed by atoms with Gasteiger partial charge in [-0.1, -0.05) is 190 Å². The lowest BCUT2D eigenvalue weighted by molar-refractivity contribution is 0.660. The van der Waals surface area contributed by atoms with Gasteiger partial charge in [0.1, 0.15) is 0 Å². The van der Waals surface area contributed by atoms with Crippen LogP contribution in [0.5, 0.6) is 0 Å². The van der Waals surface area contributed by atoms with Crippen molar-refractivity contribution in [2.24, 2.45) is 0 Å². The molecule has 0 N–H and O–H groups in total. The van der Waals surface area contributed by atoms with E-state index < -0.39 is 0 Å². The Labute approximate surface area is 332 Å². The van der Waals surface area contributed by atoms with E-state index in [1.807, 2.05) is 6.07 Å². The van der Waals surface area contributed by atoms with E-state index in [2.05, 4.69) is 202 Å². The Morgan fingerprint density at radius 3 is 1.63 bits per heavy atom. The molecule has 0 amide bonds. The van der Waals surface area contributed by atoms with Crippen molar-refractivity contribution < 1.29 is 0 Å². The Balaban J connectivity index is 1.11. The van der Waals surface area contributed by atoms with Gasteiger partial charge in [-0.05, 0) is 95.0 Å². The average molecular weight is 727 g/mol. The number of hydrogen-bond acceptors (Lipinski definition) is 2. The van der Waals surface area contributed by atoms with Gasteiger partial charge in [-0.15, -0.1) is 0 Å². The second-order valence-corrected chi connectivity index (χ2v) is 15.7. The number of benzene rings is 9. The molecule has 0 radical (unpaired) electrons. The standard InChI is InChI=1S/C55H38N2/c1-55(2)49-23-12-11-20-43(49)48-33-40(29-31-50(48)55)39-28-30-45-47(32-39)42-19-10-9-18-41(42)44-21-13-22-46(53(44)45)52-34-51(56-54(57-52)38-16-7-4-8-17-38)37-26-24-36(25-27-37)35-14-5-3-6-15-35/h3-34H,1-2H3. The van der Waals surface area contributed by atoms with Crippen LogP contribution in [0.2, 0.25) is 0 Å². The molecular weight excluding hydrogens is 689 g/mol. The van der Waals surface area contributed by atoms with Crippen LogP contribution in [-0.4, -0.2) is 9.97 Å². The Kier molecular flexibility index (Phi) is 7.55. The minimum absolute atomic E-state index is 0.0216. The Morgan fingerprint density at radius 1 is 0.316 bits per heavy atom. The van der Waals surface area contributed by atoms with Crippen LogP contribution in [0.4, 0.5) is 0 Å². The highest BCUT2D eigenvalue weighted by molar-refractivity contribution is 6.28. The van der Waals surface area contributed by atoms with Gasteiger partial charge in [0.05, 0.1) is 11.4 Å². The molecule has 0 aliphatic heterocycles. The predicted molar refractivity (Wildman–Crippen MR) is 239 cm³/mol. The maximum absolute atomic E-state index is 5.32. The zero-order valence-electron chi connectivity index (χ0n) is 31.9. The van der Waals surface area contributed by atoms with Crippen molar-refractivity contribution in [3.05, 3.63) is 205 Å².